The number of rotatable bonds is 5. The molecule has 1 atom stereocenters. The van der Waals surface area contributed by atoms with Gasteiger partial charge in [0, 0.05) is 18.2 Å². The van der Waals surface area contributed by atoms with Crippen LogP contribution in [0.4, 0.5) is 0 Å². The fraction of sp³-hybridized carbons (Fsp3) is 0.500. The van der Waals surface area contributed by atoms with Gasteiger partial charge in [-0.05, 0) is 43.5 Å². The summed E-state index contributed by atoms with van der Waals surface area (Å²) in [5.41, 5.74) is 0.328. The van der Waals surface area contributed by atoms with E-state index in [-0.39, 0.29) is 22.8 Å². The molecule has 24 heavy (non-hydrogen) atoms. The van der Waals surface area contributed by atoms with Crippen molar-refractivity contribution in [3.05, 3.63) is 29.8 Å². The molecule has 1 heterocycles. The Bertz CT molecular complexity index is 724. The van der Waals surface area contributed by atoms with E-state index in [4.69, 9.17) is 0 Å². The Kier molecular flexibility index (Phi) is 4.86. The summed E-state index contributed by atoms with van der Waals surface area (Å²) >= 11 is 0. The van der Waals surface area contributed by atoms with Gasteiger partial charge in [-0.1, -0.05) is 12.8 Å². The van der Waals surface area contributed by atoms with E-state index in [1.165, 1.54) is 24.3 Å². The van der Waals surface area contributed by atoms with Crippen LogP contribution in [0.2, 0.25) is 0 Å². The molecular weight excluding hydrogens is 330 g/mol. The molecule has 2 fully saturated rings. The van der Waals surface area contributed by atoms with Crippen molar-refractivity contribution in [3.63, 3.8) is 0 Å². The molecule has 1 aromatic rings. The minimum absolute atomic E-state index is 0.00106. The maximum Gasteiger partial charge on any atom is 0.251 e. The number of sulfonamides is 1. The molecule has 0 spiro atoms. The van der Waals surface area contributed by atoms with E-state index in [2.05, 4.69) is 15.4 Å². The van der Waals surface area contributed by atoms with Crippen molar-refractivity contribution in [2.24, 2.45) is 0 Å². The van der Waals surface area contributed by atoms with Crippen LogP contribution >= 0.6 is 0 Å². The third-order valence-corrected chi connectivity index (χ3v) is 5.99. The van der Waals surface area contributed by atoms with E-state index < -0.39 is 16.1 Å². The monoisotopic (exact) mass is 351 g/mol. The van der Waals surface area contributed by atoms with Crippen molar-refractivity contribution in [2.75, 3.05) is 6.54 Å². The Morgan fingerprint density at radius 3 is 2.33 bits per heavy atom. The van der Waals surface area contributed by atoms with Gasteiger partial charge in [0.1, 0.15) is 6.04 Å². The molecule has 2 aliphatic rings. The predicted molar refractivity (Wildman–Crippen MR) is 87.9 cm³/mol. The molecule has 0 radical (unpaired) electrons. The van der Waals surface area contributed by atoms with E-state index in [0.29, 0.717) is 18.5 Å². The molecule has 1 aliphatic carbocycles. The Hall–Kier alpha value is -1.93. The Morgan fingerprint density at radius 2 is 1.75 bits per heavy atom. The van der Waals surface area contributed by atoms with Gasteiger partial charge in [0.25, 0.3) is 5.91 Å². The zero-order valence-electron chi connectivity index (χ0n) is 13.2. The number of hydrogen-bond acceptors (Lipinski definition) is 4. The highest BCUT2D eigenvalue weighted by atomic mass is 32.2. The average molecular weight is 351 g/mol. The van der Waals surface area contributed by atoms with Gasteiger partial charge in [-0.2, -0.15) is 0 Å². The topological polar surface area (TPSA) is 104 Å². The number of amides is 2. The number of carbonyl (C=O) groups is 2. The highest BCUT2D eigenvalue weighted by Crippen LogP contribution is 2.20. The minimum atomic E-state index is -3.56. The molecule has 2 amide bonds. The molecule has 3 rings (SSSR count). The lowest BCUT2D eigenvalue weighted by molar-refractivity contribution is -0.120. The summed E-state index contributed by atoms with van der Waals surface area (Å²) in [5, 5.41) is 5.29. The highest BCUT2D eigenvalue weighted by molar-refractivity contribution is 7.89. The van der Waals surface area contributed by atoms with Crippen LogP contribution in [0.1, 0.15) is 42.5 Å². The van der Waals surface area contributed by atoms with Crippen LogP contribution in [0.5, 0.6) is 0 Å². The van der Waals surface area contributed by atoms with Gasteiger partial charge in [0.15, 0.2) is 0 Å². The molecule has 1 saturated heterocycles. The SMILES string of the molecule is O=C(N[C@H]1CCNC1=O)c1ccc(S(=O)(=O)NC2CCCC2)cc1. The van der Waals surface area contributed by atoms with Crippen LogP contribution in [-0.2, 0) is 14.8 Å². The summed E-state index contributed by atoms with van der Waals surface area (Å²) in [4.78, 5) is 23.8. The molecule has 7 nitrogen and oxygen atoms in total. The summed E-state index contributed by atoms with van der Waals surface area (Å²) < 4.78 is 27.4. The quantitative estimate of drug-likeness (QED) is 0.719. The summed E-state index contributed by atoms with van der Waals surface area (Å²) in [5.74, 6) is -0.576. The second-order valence-electron chi connectivity index (χ2n) is 6.23. The summed E-state index contributed by atoms with van der Waals surface area (Å²) in [6.07, 6.45) is 4.37. The normalized spacial score (nSPS) is 21.7. The molecule has 1 aromatic carbocycles. The Balaban J connectivity index is 1.65. The smallest absolute Gasteiger partial charge is 0.251 e. The lowest BCUT2D eigenvalue weighted by Gasteiger charge is -2.13. The third kappa shape index (κ3) is 3.76. The number of benzene rings is 1. The van der Waals surface area contributed by atoms with Gasteiger partial charge in [0.05, 0.1) is 4.90 Å². The molecule has 130 valence electrons. The van der Waals surface area contributed by atoms with Crippen LogP contribution in [-0.4, -0.2) is 38.9 Å². The van der Waals surface area contributed by atoms with E-state index >= 15 is 0 Å². The fourth-order valence-electron chi connectivity index (χ4n) is 3.09. The number of nitrogens with one attached hydrogen (secondary N) is 3. The van der Waals surface area contributed by atoms with Crippen molar-refractivity contribution in [1.82, 2.24) is 15.4 Å². The van der Waals surface area contributed by atoms with Crippen molar-refractivity contribution < 1.29 is 18.0 Å². The van der Waals surface area contributed by atoms with Gasteiger partial charge in [-0.15, -0.1) is 0 Å². The summed E-state index contributed by atoms with van der Waals surface area (Å²) in [7, 11) is -3.56. The van der Waals surface area contributed by atoms with Crippen molar-refractivity contribution >= 4 is 21.8 Å². The first-order valence-electron chi connectivity index (χ1n) is 8.17. The lowest BCUT2D eigenvalue weighted by Crippen LogP contribution is -2.40. The minimum Gasteiger partial charge on any atom is -0.354 e. The number of carbonyl (C=O) groups excluding carboxylic acids is 2. The molecule has 1 aliphatic heterocycles. The zero-order valence-corrected chi connectivity index (χ0v) is 14.1. The van der Waals surface area contributed by atoms with Crippen LogP contribution in [0.3, 0.4) is 0 Å². The molecular formula is C16H21N3O4S. The van der Waals surface area contributed by atoms with Gasteiger partial charge >= 0.3 is 0 Å². The van der Waals surface area contributed by atoms with Crippen molar-refractivity contribution in [3.8, 4) is 0 Å². The fourth-order valence-corrected chi connectivity index (χ4v) is 4.39. The molecule has 0 bridgehead atoms. The summed E-state index contributed by atoms with van der Waals surface area (Å²) in [6, 6.07) is 5.24. The first-order valence-corrected chi connectivity index (χ1v) is 9.65. The molecule has 8 heteroatoms. The van der Waals surface area contributed by atoms with E-state index in [0.717, 1.165) is 25.7 Å². The molecule has 0 aromatic heterocycles. The Labute approximate surface area is 141 Å². The molecule has 3 N–H and O–H groups in total. The van der Waals surface area contributed by atoms with Crippen LogP contribution in [0, 0.1) is 0 Å². The van der Waals surface area contributed by atoms with E-state index in [1.54, 1.807) is 0 Å². The van der Waals surface area contributed by atoms with Gasteiger partial charge in [-0.3, -0.25) is 9.59 Å². The summed E-state index contributed by atoms with van der Waals surface area (Å²) in [6.45, 7) is 0.549. The second-order valence-corrected chi connectivity index (χ2v) is 7.95. The highest BCUT2D eigenvalue weighted by Gasteiger charge is 2.26. The van der Waals surface area contributed by atoms with Crippen molar-refractivity contribution in [1.29, 1.82) is 0 Å². The predicted octanol–water partition coefficient (Wildman–Crippen LogP) is 0.526. The van der Waals surface area contributed by atoms with Gasteiger partial charge in [0.2, 0.25) is 15.9 Å². The standard InChI is InChI=1S/C16H21N3O4S/c20-15(18-14-9-10-17-16(14)21)11-5-7-13(8-6-11)24(22,23)19-12-3-1-2-4-12/h5-8,12,14,19H,1-4,9-10H2,(H,17,21)(H,18,20)/t14-/m0/s1. The maximum absolute atomic E-state index is 12.3. The number of hydrogen-bond donors (Lipinski definition) is 3. The first kappa shape index (κ1) is 16.9. The second kappa shape index (κ2) is 6.90. The van der Waals surface area contributed by atoms with Crippen LogP contribution in [0.25, 0.3) is 0 Å². The lowest BCUT2D eigenvalue weighted by atomic mass is 10.2. The average Bonchev–Trinajstić information content (AvgIpc) is 3.19. The van der Waals surface area contributed by atoms with Gasteiger partial charge < -0.3 is 10.6 Å². The first-order chi connectivity index (χ1) is 11.5. The zero-order chi connectivity index (χ0) is 17.2. The van der Waals surface area contributed by atoms with Crippen molar-refractivity contribution in [2.45, 2.75) is 49.1 Å². The third-order valence-electron chi connectivity index (χ3n) is 4.46. The van der Waals surface area contributed by atoms with Crippen LogP contribution < -0.4 is 15.4 Å². The molecule has 0 unspecified atom stereocenters. The Morgan fingerprint density at radius 1 is 1.08 bits per heavy atom. The van der Waals surface area contributed by atoms with Gasteiger partial charge in [-0.25, -0.2) is 13.1 Å². The van der Waals surface area contributed by atoms with Crippen LogP contribution in [0.15, 0.2) is 29.2 Å². The van der Waals surface area contributed by atoms with E-state index in [9.17, 15) is 18.0 Å². The van der Waals surface area contributed by atoms with E-state index in [1.807, 2.05) is 0 Å². The maximum atomic E-state index is 12.3. The molecule has 1 saturated carbocycles. The largest absolute Gasteiger partial charge is 0.354 e.